The highest BCUT2D eigenvalue weighted by Gasteiger charge is 2.34. The summed E-state index contributed by atoms with van der Waals surface area (Å²) in [6.07, 6.45) is 3.61. The summed E-state index contributed by atoms with van der Waals surface area (Å²) in [5, 5.41) is 6.54. The first-order chi connectivity index (χ1) is 13.7. The maximum atomic E-state index is 12.3. The number of nitrogens with zero attached hydrogens (tertiary/aromatic N) is 2. The molecule has 1 aliphatic heterocycles. The van der Waals surface area contributed by atoms with Crippen LogP contribution in [-0.2, 0) is 4.74 Å². The first kappa shape index (κ1) is 25.4. The van der Waals surface area contributed by atoms with E-state index in [1.54, 1.807) is 24.3 Å². The van der Waals surface area contributed by atoms with Gasteiger partial charge in [0.15, 0.2) is 5.96 Å². The molecule has 2 N–H and O–H groups in total. The molecule has 0 bridgehead atoms. The van der Waals surface area contributed by atoms with E-state index in [9.17, 15) is 9.59 Å². The maximum Gasteiger partial charge on any atom is 0.261 e. The van der Waals surface area contributed by atoms with Gasteiger partial charge in [0.05, 0.1) is 11.1 Å². The minimum Gasteiger partial charge on any atom is -0.382 e. The number of amides is 2. The second-order valence-corrected chi connectivity index (χ2v) is 6.61. The number of nitrogens with one attached hydrogen (secondary N) is 2. The predicted octanol–water partition coefficient (Wildman–Crippen LogP) is 3.05. The Morgan fingerprint density at radius 1 is 1.00 bits per heavy atom. The average molecular weight is 516 g/mol. The number of ether oxygens (including phenoxy) is 1. The number of imide groups is 1. The van der Waals surface area contributed by atoms with Gasteiger partial charge in [0.1, 0.15) is 0 Å². The van der Waals surface area contributed by atoms with Crippen LogP contribution in [0.2, 0.25) is 0 Å². The molecule has 0 unspecified atom stereocenters. The normalized spacial score (nSPS) is 13.3. The Kier molecular flexibility index (Phi) is 12.5. The zero-order valence-corrected chi connectivity index (χ0v) is 19.7. The first-order valence-electron chi connectivity index (χ1n) is 10.2. The summed E-state index contributed by atoms with van der Waals surface area (Å²) < 4.78 is 5.33. The number of carbonyl (C=O) groups is 2. The van der Waals surface area contributed by atoms with Crippen molar-refractivity contribution < 1.29 is 14.3 Å². The molecule has 7 nitrogen and oxygen atoms in total. The quantitative estimate of drug-likeness (QED) is 0.147. The number of fused-ring (bicyclic) bond motifs is 1. The number of aliphatic imine (C=N–C) groups is 1. The van der Waals surface area contributed by atoms with E-state index in [4.69, 9.17) is 4.74 Å². The van der Waals surface area contributed by atoms with Crippen LogP contribution in [0, 0.1) is 0 Å². The van der Waals surface area contributed by atoms with Crippen LogP contribution in [-0.4, -0.2) is 62.1 Å². The number of benzene rings is 1. The minimum absolute atomic E-state index is 0. The highest BCUT2D eigenvalue weighted by molar-refractivity contribution is 14.0. The molecule has 8 heteroatoms. The van der Waals surface area contributed by atoms with Gasteiger partial charge in [-0.2, -0.15) is 0 Å². The van der Waals surface area contributed by atoms with E-state index < -0.39 is 0 Å². The van der Waals surface area contributed by atoms with E-state index in [0.29, 0.717) is 17.7 Å². The van der Waals surface area contributed by atoms with Crippen LogP contribution in [0.4, 0.5) is 0 Å². The monoisotopic (exact) mass is 516 g/mol. The summed E-state index contributed by atoms with van der Waals surface area (Å²) in [5.41, 5.74) is 1.02. The van der Waals surface area contributed by atoms with Crippen LogP contribution in [0.15, 0.2) is 29.3 Å². The highest BCUT2D eigenvalue weighted by Crippen LogP contribution is 2.22. The summed E-state index contributed by atoms with van der Waals surface area (Å²) in [7, 11) is 0. The molecule has 29 heavy (non-hydrogen) atoms. The third-order valence-corrected chi connectivity index (χ3v) is 4.49. The van der Waals surface area contributed by atoms with E-state index in [0.717, 1.165) is 64.5 Å². The van der Waals surface area contributed by atoms with E-state index in [1.165, 1.54) is 4.90 Å². The van der Waals surface area contributed by atoms with Crippen molar-refractivity contribution in [1.82, 2.24) is 15.5 Å². The molecule has 1 aromatic carbocycles. The number of halogens is 1. The van der Waals surface area contributed by atoms with Crippen molar-refractivity contribution >= 4 is 41.8 Å². The van der Waals surface area contributed by atoms with Gasteiger partial charge < -0.3 is 15.4 Å². The second-order valence-electron chi connectivity index (χ2n) is 6.61. The zero-order chi connectivity index (χ0) is 20.2. The Labute approximate surface area is 190 Å². The third-order valence-electron chi connectivity index (χ3n) is 4.49. The van der Waals surface area contributed by atoms with Crippen molar-refractivity contribution in [3.8, 4) is 0 Å². The number of hydrogen-bond donors (Lipinski definition) is 2. The SMILES string of the molecule is CCNC(=NCCCCOCC)NCCCCN1C(=O)c2ccccc2C1=O.I. The maximum absolute atomic E-state index is 12.3. The Morgan fingerprint density at radius 2 is 1.69 bits per heavy atom. The lowest BCUT2D eigenvalue weighted by molar-refractivity contribution is 0.0652. The van der Waals surface area contributed by atoms with Gasteiger partial charge in [-0.3, -0.25) is 19.5 Å². The van der Waals surface area contributed by atoms with Gasteiger partial charge in [0.2, 0.25) is 0 Å². The molecule has 1 aliphatic rings. The van der Waals surface area contributed by atoms with Crippen molar-refractivity contribution in [2.75, 3.05) is 39.4 Å². The Bertz CT molecular complexity index is 647. The van der Waals surface area contributed by atoms with Crippen LogP contribution in [0.5, 0.6) is 0 Å². The van der Waals surface area contributed by atoms with Gasteiger partial charge >= 0.3 is 0 Å². The summed E-state index contributed by atoms with van der Waals surface area (Å²) in [5.74, 6) is 0.436. The molecule has 0 saturated heterocycles. The molecule has 0 aliphatic carbocycles. The second kappa shape index (κ2) is 14.3. The fourth-order valence-electron chi connectivity index (χ4n) is 3.04. The topological polar surface area (TPSA) is 83.0 Å². The smallest absolute Gasteiger partial charge is 0.261 e. The molecule has 0 fully saturated rings. The summed E-state index contributed by atoms with van der Waals surface area (Å²) in [6, 6.07) is 7.00. The van der Waals surface area contributed by atoms with Crippen LogP contribution in [0.25, 0.3) is 0 Å². The highest BCUT2D eigenvalue weighted by atomic mass is 127. The molecular weight excluding hydrogens is 483 g/mol. The van der Waals surface area contributed by atoms with Gasteiger partial charge in [-0.1, -0.05) is 12.1 Å². The summed E-state index contributed by atoms with van der Waals surface area (Å²) >= 11 is 0. The molecule has 0 saturated carbocycles. The lowest BCUT2D eigenvalue weighted by Gasteiger charge is -2.14. The molecule has 0 atom stereocenters. The molecule has 162 valence electrons. The fourth-order valence-corrected chi connectivity index (χ4v) is 3.04. The van der Waals surface area contributed by atoms with Crippen LogP contribution < -0.4 is 10.6 Å². The predicted molar refractivity (Wildman–Crippen MR) is 126 cm³/mol. The van der Waals surface area contributed by atoms with Crippen LogP contribution >= 0.6 is 24.0 Å². The van der Waals surface area contributed by atoms with Gasteiger partial charge in [-0.25, -0.2) is 0 Å². The van der Waals surface area contributed by atoms with Crippen LogP contribution in [0.1, 0.15) is 60.2 Å². The Morgan fingerprint density at radius 3 is 2.31 bits per heavy atom. The standard InChI is InChI=1S/C21H32N4O3.HI/c1-3-22-21(24-14-8-10-16-28-4-2)23-13-7-9-15-25-19(26)17-11-5-6-12-18(17)20(25)27;/h5-6,11-12H,3-4,7-10,13-16H2,1-2H3,(H2,22,23,24);1H. The van der Waals surface area contributed by atoms with Gasteiger partial charge in [-0.15, -0.1) is 24.0 Å². The molecule has 1 aromatic rings. The molecule has 2 rings (SSSR count). The van der Waals surface area contributed by atoms with Crippen LogP contribution in [0.3, 0.4) is 0 Å². The molecule has 0 aromatic heterocycles. The number of unbranched alkanes of at least 4 members (excludes halogenated alkanes) is 2. The van der Waals surface area contributed by atoms with E-state index in [1.807, 2.05) is 13.8 Å². The minimum atomic E-state index is -0.185. The van der Waals surface area contributed by atoms with E-state index in [2.05, 4.69) is 15.6 Å². The zero-order valence-electron chi connectivity index (χ0n) is 17.4. The molecule has 2 amide bonds. The Hall–Kier alpha value is -1.68. The van der Waals surface area contributed by atoms with Gasteiger partial charge in [0.25, 0.3) is 11.8 Å². The number of rotatable bonds is 12. The molecule has 0 spiro atoms. The number of carbonyl (C=O) groups excluding carboxylic acids is 2. The number of guanidine groups is 1. The third kappa shape index (κ3) is 7.93. The van der Waals surface area contributed by atoms with Crippen molar-refractivity contribution in [3.63, 3.8) is 0 Å². The van der Waals surface area contributed by atoms with Crippen molar-refractivity contribution in [2.45, 2.75) is 39.5 Å². The lowest BCUT2D eigenvalue weighted by Crippen LogP contribution is -2.38. The Balaban J connectivity index is 0.00000420. The number of hydrogen-bond acceptors (Lipinski definition) is 4. The average Bonchev–Trinajstić information content (AvgIpc) is 2.95. The largest absolute Gasteiger partial charge is 0.382 e. The fraction of sp³-hybridized carbons (Fsp3) is 0.571. The van der Waals surface area contributed by atoms with E-state index in [-0.39, 0.29) is 35.8 Å². The first-order valence-corrected chi connectivity index (χ1v) is 10.2. The molecular formula is C21H33IN4O3. The summed E-state index contributed by atoms with van der Waals surface area (Å²) in [4.78, 5) is 30.6. The molecule has 0 radical (unpaired) electrons. The van der Waals surface area contributed by atoms with Gasteiger partial charge in [0, 0.05) is 39.4 Å². The molecule has 1 heterocycles. The lowest BCUT2D eigenvalue weighted by atomic mass is 10.1. The van der Waals surface area contributed by atoms with Crippen molar-refractivity contribution in [2.24, 2.45) is 4.99 Å². The van der Waals surface area contributed by atoms with Crippen molar-refractivity contribution in [3.05, 3.63) is 35.4 Å². The summed E-state index contributed by atoms with van der Waals surface area (Å²) in [6.45, 7) is 8.33. The van der Waals surface area contributed by atoms with Crippen molar-refractivity contribution in [1.29, 1.82) is 0 Å². The van der Waals surface area contributed by atoms with E-state index >= 15 is 0 Å². The van der Waals surface area contributed by atoms with Gasteiger partial charge in [-0.05, 0) is 51.7 Å².